The molecule has 1 unspecified atom stereocenters. The maximum absolute atomic E-state index is 13.5. The third-order valence-corrected chi connectivity index (χ3v) is 2.94. The van der Waals surface area contributed by atoms with Crippen molar-refractivity contribution in [3.63, 3.8) is 0 Å². The van der Waals surface area contributed by atoms with Crippen LogP contribution in [0.2, 0.25) is 0 Å². The minimum absolute atomic E-state index is 0.232. The number of halogens is 2. The van der Waals surface area contributed by atoms with Gasteiger partial charge >= 0.3 is 0 Å². The van der Waals surface area contributed by atoms with E-state index in [0.717, 1.165) is 18.2 Å². The Balaban J connectivity index is 2.74. The SMILES string of the molecule is CC(NCC(C)(C)C(N)=O)c1cc(F)ccc1F. The fourth-order valence-electron chi connectivity index (χ4n) is 1.45. The molecule has 1 amide bonds. The van der Waals surface area contributed by atoms with Crippen LogP contribution in [0.5, 0.6) is 0 Å². The molecule has 0 heterocycles. The number of primary amides is 1. The molecule has 3 nitrogen and oxygen atoms in total. The van der Waals surface area contributed by atoms with Gasteiger partial charge in [0.15, 0.2) is 0 Å². The predicted molar refractivity (Wildman–Crippen MR) is 65.8 cm³/mol. The minimum atomic E-state index is -0.738. The Kier molecular flexibility index (Phi) is 4.40. The Hall–Kier alpha value is -1.49. The number of nitrogens with one attached hydrogen (secondary N) is 1. The van der Waals surface area contributed by atoms with Crippen molar-refractivity contribution in [1.29, 1.82) is 0 Å². The molecule has 0 aromatic heterocycles. The zero-order valence-electron chi connectivity index (χ0n) is 10.8. The minimum Gasteiger partial charge on any atom is -0.369 e. The van der Waals surface area contributed by atoms with Crippen molar-refractivity contribution in [2.75, 3.05) is 6.54 Å². The molecule has 0 saturated carbocycles. The van der Waals surface area contributed by atoms with Crippen LogP contribution in [0.25, 0.3) is 0 Å². The van der Waals surface area contributed by atoms with Crippen molar-refractivity contribution in [3.8, 4) is 0 Å². The smallest absolute Gasteiger partial charge is 0.224 e. The molecule has 0 aliphatic rings. The first-order valence-electron chi connectivity index (χ1n) is 5.72. The van der Waals surface area contributed by atoms with Crippen molar-refractivity contribution in [3.05, 3.63) is 35.4 Å². The van der Waals surface area contributed by atoms with Crippen molar-refractivity contribution in [2.45, 2.75) is 26.8 Å². The Morgan fingerprint density at radius 2 is 2.06 bits per heavy atom. The van der Waals surface area contributed by atoms with Gasteiger partial charge in [-0.05, 0) is 39.0 Å². The molecule has 0 fully saturated rings. The van der Waals surface area contributed by atoms with Crippen LogP contribution >= 0.6 is 0 Å². The number of benzene rings is 1. The molecule has 1 atom stereocenters. The predicted octanol–water partition coefficient (Wildman–Crippen LogP) is 2.13. The summed E-state index contributed by atoms with van der Waals surface area (Å²) < 4.78 is 26.5. The number of carbonyl (C=O) groups excluding carboxylic acids is 1. The second-order valence-electron chi connectivity index (χ2n) is 5.02. The molecule has 0 radical (unpaired) electrons. The second-order valence-corrected chi connectivity index (χ2v) is 5.02. The summed E-state index contributed by atoms with van der Waals surface area (Å²) in [6, 6.07) is 2.89. The summed E-state index contributed by atoms with van der Waals surface area (Å²) >= 11 is 0. The number of hydrogen-bond acceptors (Lipinski definition) is 2. The van der Waals surface area contributed by atoms with Crippen LogP contribution in [0.3, 0.4) is 0 Å². The highest BCUT2D eigenvalue weighted by Gasteiger charge is 2.25. The van der Waals surface area contributed by atoms with E-state index in [1.165, 1.54) is 0 Å². The maximum Gasteiger partial charge on any atom is 0.224 e. The summed E-state index contributed by atoms with van der Waals surface area (Å²) in [4.78, 5) is 11.1. The fraction of sp³-hybridized carbons (Fsp3) is 0.462. The lowest BCUT2D eigenvalue weighted by molar-refractivity contribution is -0.125. The molecule has 0 aliphatic carbocycles. The van der Waals surface area contributed by atoms with Crippen molar-refractivity contribution in [2.24, 2.45) is 11.1 Å². The number of carbonyl (C=O) groups is 1. The normalized spacial score (nSPS) is 13.4. The quantitative estimate of drug-likeness (QED) is 0.848. The van der Waals surface area contributed by atoms with E-state index in [1.54, 1.807) is 20.8 Å². The van der Waals surface area contributed by atoms with Crippen LogP contribution in [0.15, 0.2) is 18.2 Å². The van der Waals surface area contributed by atoms with Crippen LogP contribution in [0.1, 0.15) is 32.4 Å². The van der Waals surface area contributed by atoms with E-state index in [0.29, 0.717) is 6.54 Å². The second kappa shape index (κ2) is 5.44. The highest BCUT2D eigenvalue weighted by Crippen LogP contribution is 2.20. The molecular formula is C13H18F2N2O. The topological polar surface area (TPSA) is 55.1 Å². The summed E-state index contributed by atoms with van der Waals surface area (Å²) in [5, 5.41) is 2.98. The number of nitrogens with two attached hydrogens (primary N) is 1. The highest BCUT2D eigenvalue weighted by molar-refractivity contribution is 5.80. The summed E-state index contributed by atoms with van der Waals surface area (Å²) in [5.74, 6) is -1.41. The third-order valence-electron chi connectivity index (χ3n) is 2.94. The van der Waals surface area contributed by atoms with Crippen LogP contribution < -0.4 is 11.1 Å². The standard InChI is InChI=1S/C13H18F2N2O/c1-8(17-7-13(2,3)12(16)18)10-6-9(14)4-5-11(10)15/h4-6,8,17H,7H2,1-3H3,(H2,16,18). The van der Waals surface area contributed by atoms with Gasteiger partial charge in [0.05, 0.1) is 5.41 Å². The van der Waals surface area contributed by atoms with Gasteiger partial charge in [0, 0.05) is 18.2 Å². The lowest BCUT2D eigenvalue weighted by Crippen LogP contribution is -2.41. The van der Waals surface area contributed by atoms with Crippen LogP contribution in [-0.2, 0) is 4.79 Å². The van der Waals surface area contributed by atoms with Gasteiger partial charge in [0.2, 0.25) is 5.91 Å². The van der Waals surface area contributed by atoms with Gasteiger partial charge in [-0.2, -0.15) is 0 Å². The third kappa shape index (κ3) is 3.50. The first kappa shape index (κ1) is 14.6. The summed E-state index contributed by atoms with van der Waals surface area (Å²) in [5.41, 5.74) is 4.73. The number of rotatable bonds is 5. The number of amides is 1. The van der Waals surface area contributed by atoms with E-state index in [2.05, 4.69) is 5.32 Å². The zero-order valence-corrected chi connectivity index (χ0v) is 10.8. The molecule has 1 aromatic carbocycles. The van der Waals surface area contributed by atoms with Crippen LogP contribution in [0.4, 0.5) is 8.78 Å². The van der Waals surface area contributed by atoms with Crippen molar-refractivity contribution >= 4 is 5.91 Å². The summed E-state index contributed by atoms with van der Waals surface area (Å²) in [7, 11) is 0. The first-order valence-corrected chi connectivity index (χ1v) is 5.72. The van der Waals surface area contributed by atoms with Gasteiger partial charge in [-0.25, -0.2) is 8.78 Å². The average molecular weight is 256 g/mol. The van der Waals surface area contributed by atoms with E-state index in [1.807, 2.05) is 0 Å². The molecule has 0 saturated heterocycles. The monoisotopic (exact) mass is 256 g/mol. The van der Waals surface area contributed by atoms with E-state index >= 15 is 0 Å². The van der Waals surface area contributed by atoms with E-state index in [4.69, 9.17) is 5.73 Å². The Bertz CT molecular complexity index is 447. The molecule has 5 heteroatoms. The number of hydrogen-bond donors (Lipinski definition) is 2. The van der Waals surface area contributed by atoms with Gasteiger partial charge in [-0.3, -0.25) is 4.79 Å². The molecule has 100 valence electrons. The average Bonchev–Trinajstić information content (AvgIpc) is 2.29. The molecule has 3 N–H and O–H groups in total. The fourth-order valence-corrected chi connectivity index (χ4v) is 1.45. The lowest BCUT2D eigenvalue weighted by atomic mass is 9.92. The van der Waals surface area contributed by atoms with Gasteiger partial charge in [-0.1, -0.05) is 0 Å². The molecule has 1 aromatic rings. The Morgan fingerprint density at radius 3 is 2.61 bits per heavy atom. The summed E-state index contributed by atoms with van der Waals surface area (Å²) in [6.07, 6.45) is 0. The van der Waals surface area contributed by atoms with Gasteiger partial charge in [0.25, 0.3) is 0 Å². The zero-order chi connectivity index (χ0) is 13.9. The largest absolute Gasteiger partial charge is 0.369 e. The van der Waals surface area contributed by atoms with Gasteiger partial charge < -0.3 is 11.1 Å². The molecule has 1 rings (SSSR count). The first-order chi connectivity index (χ1) is 8.24. The lowest BCUT2D eigenvalue weighted by Gasteiger charge is -2.24. The molecule has 0 spiro atoms. The van der Waals surface area contributed by atoms with E-state index in [9.17, 15) is 13.6 Å². The highest BCUT2D eigenvalue weighted by atomic mass is 19.1. The Labute approximate surface area is 105 Å². The van der Waals surface area contributed by atoms with Gasteiger partial charge in [0.1, 0.15) is 11.6 Å². The summed E-state index contributed by atoms with van der Waals surface area (Å²) in [6.45, 7) is 5.38. The molecule has 18 heavy (non-hydrogen) atoms. The maximum atomic E-state index is 13.5. The van der Waals surface area contributed by atoms with Crippen LogP contribution in [-0.4, -0.2) is 12.5 Å². The van der Waals surface area contributed by atoms with E-state index in [-0.39, 0.29) is 5.56 Å². The molecule has 0 aliphatic heterocycles. The Morgan fingerprint density at radius 1 is 1.44 bits per heavy atom. The van der Waals surface area contributed by atoms with Crippen LogP contribution in [0, 0.1) is 17.0 Å². The van der Waals surface area contributed by atoms with E-state index < -0.39 is 29.0 Å². The molecular weight excluding hydrogens is 238 g/mol. The van der Waals surface area contributed by atoms with Crippen molar-refractivity contribution < 1.29 is 13.6 Å². The van der Waals surface area contributed by atoms with Crippen molar-refractivity contribution in [1.82, 2.24) is 5.32 Å². The molecule has 0 bridgehead atoms. The van der Waals surface area contributed by atoms with Gasteiger partial charge in [-0.15, -0.1) is 0 Å².